The van der Waals surface area contributed by atoms with Crippen LogP contribution < -0.4 is 4.74 Å². The van der Waals surface area contributed by atoms with Gasteiger partial charge in [-0.2, -0.15) is 0 Å². The number of hydrogen-bond acceptors (Lipinski definition) is 4. The van der Waals surface area contributed by atoms with Crippen LogP contribution in [-0.2, 0) is 16.0 Å². The number of carbonyl (C=O) groups excluding carboxylic acids is 1. The van der Waals surface area contributed by atoms with Gasteiger partial charge >= 0.3 is 5.97 Å². The van der Waals surface area contributed by atoms with Gasteiger partial charge in [-0.1, -0.05) is 25.4 Å². The molecule has 0 radical (unpaired) electrons. The number of aromatic nitrogens is 1. The maximum absolute atomic E-state index is 14.4. The second-order valence-electron chi connectivity index (χ2n) is 7.63. The van der Waals surface area contributed by atoms with Crippen molar-refractivity contribution in [1.29, 1.82) is 0 Å². The first-order chi connectivity index (χ1) is 12.5. The Morgan fingerprint density at radius 1 is 1.22 bits per heavy atom. The zero-order valence-corrected chi connectivity index (χ0v) is 17.3. The summed E-state index contributed by atoms with van der Waals surface area (Å²) >= 11 is 6.04. The number of hydrogen-bond donors (Lipinski definition) is 0. The van der Waals surface area contributed by atoms with Crippen LogP contribution in [0.4, 0.5) is 4.39 Å². The lowest BCUT2D eigenvalue weighted by Crippen LogP contribution is -2.25. The first-order valence-electron chi connectivity index (χ1n) is 8.77. The van der Waals surface area contributed by atoms with E-state index < -0.39 is 11.4 Å². The fraction of sp³-hybridized carbons (Fsp3) is 0.429. The molecule has 0 N–H and O–H groups in total. The maximum atomic E-state index is 14.4. The summed E-state index contributed by atoms with van der Waals surface area (Å²) in [4.78, 5) is 16.9. The molecule has 1 aromatic carbocycles. The Kier molecular flexibility index (Phi) is 6.47. The molecule has 0 amide bonds. The standard InChI is InChI=1S/C21H25ClFNO3/c1-12(2)19-13(10-18(25)27-21(3,4)5)9-16(20(24-19)26-6)15-11-14(22)7-8-17(15)23/h7-9,11-12H,10H2,1-6H3. The molecule has 0 unspecified atom stereocenters. The van der Waals surface area contributed by atoms with Gasteiger partial charge in [0.15, 0.2) is 0 Å². The van der Waals surface area contributed by atoms with Crippen molar-refractivity contribution in [3.63, 3.8) is 0 Å². The lowest BCUT2D eigenvalue weighted by atomic mass is 9.96. The Morgan fingerprint density at radius 3 is 2.44 bits per heavy atom. The number of benzene rings is 1. The Morgan fingerprint density at radius 2 is 1.89 bits per heavy atom. The summed E-state index contributed by atoms with van der Waals surface area (Å²) in [7, 11) is 1.48. The Balaban J connectivity index is 2.58. The smallest absolute Gasteiger partial charge is 0.310 e. The van der Waals surface area contributed by atoms with Gasteiger partial charge in [-0.25, -0.2) is 9.37 Å². The predicted octanol–water partition coefficient (Wildman–Crippen LogP) is 5.56. The molecular formula is C21H25ClFNO3. The molecular weight excluding hydrogens is 369 g/mol. The number of ether oxygens (including phenoxy) is 2. The quantitative estimate of drug-likeness (QED) is 0.624. The largest absolute Gasteiger partial charge is 0.481 e. The molecule has 0 saturated carbocycles. The minimum atomic E-state index is -0.586. The molecule has 2 aromatic rings. The summed E-state index contributed by atoms with van der Waals surface area (Å²) in [6.07, 6.45) is 0.0387. The number of nitrogens with zero attached hydrogens (tertiary/aromatic N) is 1. The van der Waals surface area contributed by atoms with E-state index in [9.17, 15) is 9.18 Å². The van der Waals surface area contributed by atoms with E-state index >= 15 is 0 Å². The lowest BCUT2D eigenvalue weighted by molar-refractivity contribution is -0.153. The fourth-order valence-electron chi connectivity index (χ4n) is 2.78. The van der Waals surface area contributed by atoms with Crippen molar-refractivity contribution in [3.05, 3.63) is 46.4 Å². The molecule has 1 aromatic heterocycles. The topological polar surface area (TPSA) is 48.4 Å². The van der Waals surface area contributed by atoms with Crippen LogP contribution >= 0.6 is 11.6 Å². The molecule has 0 aliphatic rings. The molecule has 2 rings (SSSR count). The monoisotopic (exact) mass is 393 g/mol. The number of methoxy groups -OCH3 is 1. The average Bonchev–Trinajstić information content (AvgIpc) is 2.54. The summed E-state index contributed by atoms with van der Waals surface area (Å²) in [5.41, 5.74) is 1.52. The molecule has 0 bridgehead atoms. The van der Waals surface area contributed by atoms with Crippen LogP contribution in [0.2, 0.25) is 5.02 Å². The van der Waals surface area contributed by atoms with Crippen LogP contribution in [0.1, 0.15) is 51.8 Å². The van der Waals surface area contributed by atoms with Crippen LogP contribution in [-0.4, -0.2) is 23.7 Å². The molecule has 0 saturated heterocycles. The first-order valence-corrected chi connectivity index (χ1v) is 9.14. The Bertz CT molecular complexity index is 844. The molecule has 4 nitrogen and oxygen atoms in total. The molecule has 0 spiro atoms. The number of halogens is 2. The molecule has 0 atom stereocenters. The average molecular weight is 394 g/mol. The highest BCUT2D eigenvalue weighted by molar-refractivity contribution is 6.30. The molecule has 0 fully saturated rings. The van der Waals surface area contributed by atoms with Gasteiger partial charge in [0.2, 0.25) is 5.88 Å². The van der Waals surface area contributed by atoms with Crippen LogP contribution in [0, 0.1) is 5.82 Å². The second kappa shape index (κ2) is 8.26. The van der Waals surface area contributed by atoms with E-state index in [2.05, 4.69) is 4.98 Å². The third-order valence-corrected chi connectivity index (χ3v) is 4.05. The zero-order valence-electron chi connectivity index (χ0n) is 16.5. The van der Waals surface area contributed by atoms with Gasteiger partial charge in [0.25, 0.3) is 0 Å². The van der Waals surface area contributed by atoms with Crippen LogP contribution in [0.15, 0.2) is 24.3 Å². The highest BCUT2D eigenvalue weighted by Gasteiger charge is 2.22. The Labute approximate surface area is 164 Å². The zero-order chi connectivity index (χ0) is 20.4. The van der Waals surface area contributed by atoms with Crippen molar-refractivity contribution in [3.8, 4) is 17.0 Å². The van der Waals surface area contributed by atoms with E-state index in [1.54, 1.807) is 6.07 Å². The fourth-order valence-corrected chi connectivity index (χ4v) is 2.95. The summed E-state index contributed by atoms with van der Waals surface area (Å²) in [5.74, 6) is -0.476. The minimum absolute atomic E-state index is 0.0387. The molecule has 146 valence electrons. The van der Waals surface area contributed by atoms with Gasteiger partial charge in [-0.05, 0) is 56.5 Å². The van der Waals surface area contributed by atoms with Gasteiger partial charge in [0, 0.05) is 16.1 Å². The third-order valence-electron chi connectivity index (χ3n) is 3.81. The minimum Gasteiger partial charge on any atom is -0.481 e. The van der Waals surface area contributed by atoms with Crippen molar-refractivity contribution in [1.82, 2.24) is 4.98 Å². The van der Waals surface area contributed by atoms with E-state index in [1.807, 2.05) is 34.6 Å². The molecule has 1 heterocycles. The highest BCUT2D eigenvalue weighted by Crippen LogP contribution is 2.35. The van der Waals surface area contributed by atoms with Gasteiger partial charge < -0.3 is 9.47 Å². The number of esters is 1. The molecule has 27 heavy (non-hydrogen) atoms. The van der Waals surface area contributed by atoms with Gasteiger partial charge in [0.05, 0.1) is 19.2 Å². The predicted molar refractivity (Wildman–Crippen MR) is 105 cm³/mol. The summed E-state index contributed by atoms with van der Waals surface area (Å²) in [5, 5.41) is 0.398. The highest BCUT2D eigenvalue weighted by atomic mass is 35.5. The Hall–Kier alpha value is -2.14. The second-order valence-corrected chi connectivity index (χ2v) is 8.07. The summed E-state index contributed by atoms with van der Waals surface area (Å²) < 4.78 is 25.2. The SMILES string of the molecule is COc1nc(C(C)C)c(CC(=O)OC(C)(C)C)cc1-c1cc(Cl)ccc1F. The lowest BCUT2D eigenvalue weighted by Gasteiger charge is -2.21. The van der Waals surface area contributed by atoms with Crippen molar-refractivity contribution in [2.75, 3.05) is 7.11 Å². The van der Waals surface area contributed by atoms with Crippen LogP contribution in [0.5, 0.6) is 5.88 Å². The summed E-state index contributed by atoms with van der Waals surface area (Å²) in [6.45, 7) is 9.38. The van der Waals surface area contributed by atoms with Crippen molar-refractivity contribution in [2.24, 2.45) is 0 Å². The molecule has 0 aliphatic heterocycles. The van der Waals surface area contributed by atoms with E-state index in [0.29, 0.717) is 21.8 Å². The normalized spacial score (nSPS) is 11.6. The van der Waals surface area contributed by atoms with Crippen molar-refractivity contribution < 1.29 is 18.7 Å². The van der Waals surface area contributed by atoms with E-state index in [-0.39, 0.29) is 29.8 Å². The van der Waals surface area contributed by atoms with Crippen LogP contribution in [0.3, 0.4) is 0 Å². The van der Waals surface area contributed by atoms with Crippen molar-refractivity contribution in [2.45, 2.75) is 52.6 Å². The van der Waals surface area contributed by atoms with Crippen LogP contribution in [0.25, 0.3) is 11.1 Å². The third kappa shape index (κ3) is 5.42. The molecule has 6 heteroatoms. The van der Waals surface area contributed by atoms with Crippen molar-refractivity contribution >= 4 is 17.6 Å². The number of carbonyl (C=O) groups is 1. The van der Waals surface area contributed by atoms with Gasteiger partial charge in [-0.3, -0.25) is 4.79 Å². The first kappa shape index (κ1) is 21.2. The van der Waals surface area contributed by atoms with E-state index in [0.717, 1.165) is 0 Å². The number of pyridine rings is 1. The maximum Gasteiger partial charge on any atom is 0.310 e. The number of rotatable bonds is 5. The summed E-state index contributed by atoms with van der Waals surface area (Å²) in [6, 6.07) is 6.02. The van der Waals surface area contributed by atoms with E-state index in [4.69, 9.17) is 21.1 Å². The van der Waals surface area contributed by atoms with Gasteiger partial charge in [-0.15, -0.1) is 0 Å². The van der Waals surface area contributed by atoms with Gasteiger partial charge in [0.1, 0.15) is 11.4 Å². The van der Waals surface area contributed by atoms with E-state index in [1.165, 1.54) is 25.3 Å². The molecule has 0 aliphatic carbocycles.